The molecule has 0 atom stereocenters. The summed E-state index contributed by atoms with van der Waals surface area (Å²) in [7, 11) is 0. The van der Waals surface area contributed by atoms with Gasteiger partial charge in [-0.1, -0.05) is 0 Å². The quantitative estimate of drug-likeness (QED) is 0.583. The van der Waals surface area contributed by atoms with Crippen LogP contribution in [0.4, 0.5) is 13.2 Å². The highest BCUT2D eigenvalue weighted by Gasteiger charge is 2.25. The van der Waals surface area contributed by atoms with Crippen LogP contribution in [0.5, 0.6) is 0 Å². The molecule has 0 aliphatic carbocycles. The monoisotopic (exact) mass is 234 g/mol. The standard InChI is InChI=1S/C8H2ClF3N2O/c9-6(15)4-2-14-8(12)3(1-13)5(4)7(10)11/h2,7H. The van der Waals surface area contributed by atoms with Gasteiger partial charge in [0, 0.05) is 6.20 Å². The Morgan fingerprint density at radius 1 is 1.60 bits per heavy atom. The molecule has 0 radical (unpaired) electrons. The van der Waals surface area contributed by atoms with E-state index < -0.39 is 34.3 Å². The number of pyridine rings is 1. The van der Waals surface area contributed by atoms with E-state index in [4.69, 9.17) is 16.9 Å². The zero-order valence-corrected chi connectivity index (χ0v) is 7.73. The molecule has 1 rings (SSSR count). The molecule has 0 aliphatic rings. The van der Waals surface area contributed by atoms with E-state index in [9.17, 15) is 18.0 Å². The maximum Gasteiger partial charge on any atom is 0.266 e. The molecule has 0 saturated heterocycles. The van der Waals surface area contributed by atoms with Crippen molar-refractivity contribution in [1.82, 2.24) is 4.98 Å². The van der Waals surface area contributed by atoms with Crippen LogP contribution in [0, 0.1) is 17.3 Å². The predicted molar refractivity (Wildman–Crippen MR) is 44.1 cm³/mol. The van der Waals surface area contributed by atoms with Gasteiger partial charge in [0.25, 0.3) is 11.7 Å². The van der Waals surface area contributed by atoms with E-state index in [1.54, 1.807) is 0 Å². The lowest BCUT2D eigenvalue weighted by Gasteiger charge is -2.06. The number of halogens is 4. The first kappa shape index (κ1) is 11.5. The van der Waals surface area contributed by atoms with Gasteiger partial charge in [-0.15, -0.1) is 0 Å². The Labute approximate surface area is 87.1 Å². The molecule has 1 heterocycles. The first-order chi connectivity index (χ1) is 6.99. The van der Waals surface area contributed by atoms with Gasteiger partial charge >= 0.3 is 0 Å². The Kier molecular flexibility index (Phi) is 3.27. The minimum atomic E-state index is -3.17. The second-order valence-corrected chi connectivity index (χ2v) is 2.78. The average Bonchev–Trinajstić information content (AvgIpc) is 2.16. The molecule has 0 fully saturated rings. The molecule has 0 aliphatic heterocycles. The highest BCUT2D eigenvalue weighted by molar-refractivity contribution is 6.67. The zero-order chi connectivity index (χ0) is 11.6. The van der Waals surface area contributed by atoms with Gasteiger partial charge in [-0.3, -0.25) is 4.79 Å². The van der Waals surface area contributed by atoms with E-state index in [2.05, 4.69) is 4.98 Å². The summed E-state index contributed by atoms with van der Waals surface area (Å²) in [4.78, 5) is 13.7. The largest absolute Gasteiger partial charge is 0.276 e. The second-order valence-electron chi connectivity index (χ2n) is 2.44. The Bertz CT molecular complexity index is 456. The molecule has 3 nitrogen and oxygen atoms in total. The first-order valence-corrected chi connectivity index (χ1v) is 3.93. The summed E-state index contributed by atoms with van der Waals surface area (Å²) >= 11 is 4.99. The Hall–Kier alpha value is -1.61. The number of hydrogen-bond donors (Lipinski definition) is 0. The maximum absolute atomic E-state index is 12.8. The second kappa shape index (κ2) is 4.28. The highest BCUT2D eigenvalue weighted by Crippen LogP contribution is 2.28. The van der Waals surface area contributed by atoms with Crippen LogP contribution in [0.2, 0.25) is 0 Å². The van der Waals surface area contributed by atoms with E-state index >= 15 is 0 Å². The minimum absolute atomic E-state index is 0.576. The number of nitriles is 1. The van der Waals surface area contributed by atoms with E-state index in [-0.39, 0.29) is 0 Å². The summed E-state index contributed by atoms with van der Waals surface area (Å²) in [6.07, 6.45) is -2.60. The third-order valence-corrected chi connectivity index (χ3v) is 1.82. The SMILES string of the molecule is N#Cc1c(F)ncc(C(=O)Cl)c1C(F)F. The molecule has 0 aromatic carbocycles. The Balaban J connectivity index is 3.58. The van der Waals surface area contributed by atoms with Crippen LogP contribution in [0.3, 0.4) is 0 Å². The van der Waals surface area contributed by atoms with Crippen LogP contribution >= 0.6 is 11.6 Å². The van der Waals surface area contributed by atoms with Crippen molar-refractivity contribution in [3.05, 3.63) is 28.8 Å². The lowest BCUT2D eigenvalue weighted by Crippen LogP contribution is -2.06. The van der Waals surface area contributed by atoms with Crippen LogP contribution in [0.15, 0.2) is 6.20 Å². The van der Waals surface area contributed by atoms with Gasteiger partial charge in [-0.25, -0.2) is 13.8 Å². The molecule has 1 aromatic heterocycles. The van der Waals surface area contributed by atoms with Gasteiger partial charge in [-0.2, -0.15) is 9.65 Å². The predicted octanol–water partition coefficient (Wildman–Crippen LogP) is 2.41. The minimum Gasteiger partial charge on any atom is -0.276 e. The fraction of sp³-hybridized carbons (Fsp3) is 0.125. The van der Waals surface area contributed by atoms with Crippen LogP contribution in [-0.4, -0.2) is 10.2 Å². The molecule has 0 spiro atoms. The van der Waals surface area contributed by atoms with Gasteiger partial charge in [0.15, 0.2) is 0 Å². The lowest BCUT2D eigenvalue weighted by atomic mass is 10.1. The van der Waals surface area contributed by atoms with Crippen molar-refractivity contribution in [3.8, 4) is 6.07 Å². The third-order valence-electron chi connectivity index (χ3n) is 1.61. The van der Waals surface area contributed by atoms with Crippen molar-refractivity contribution >= 4 is 16.8 Å². The van der Waals surface area contributed by atoms with Gasteiger partial charge < -0.3 is 0 Å². The van der Waals surface area contributed by atoms with E-state index in [0.29, 0.717) is 6.20 Å². The fourth-order valence-electron chi connectivity index (χ4n) is 0.991. The van der Waals surface area contributed by atoms with Crippen molar-refractivity contribution in [2.45, 2.75) is 6.43 Å². The summed E-state index contributed by atoms with van der Waals surface area (Å²) in [5, 5.41) is 7.22. The molecule has 78 valence electrons. The summed E-state index contributed by atoms with van der Waals surface area (Å²) in [6, 6.07) is 1.21. The van der Waals surface area contributed by atoms with Gasteiger partial charge in [-0.05, 0) is 11.6 Å². The summed E-state index contributed by atoms with van der Waals surface area (Å²) < 4.78 is 37.8. The molecule has 0 unspecified atom stereocenters. The van der Waals surface area contributed by atoms with Gasteiger partial charge in [0.1, 0.15) is 11.6 Å². The molecule has 1 aromatic rings. The molecular weight excluding hydrogens is 233 g/mol. The molecular formula is C8H2ClF3N2O. The number of carbonyl (C=O) groups excluding carboxylic acids is 1. The summed E-state index contributed by atoms with van der Waals surface area (Å²) in [5.41, 5.74) is -2.65. The molecule has 15 heavy (non-hydrogen) atoms. The summed E-state index contributed by atoms with van der Waals surface area (Å²) in [6.45, 7) is 0. The van der Waals surface area contributed by atoms with E-state index in [0.717, 1.165) is 0 Å². The lowest BCUT2D eigenvalue weighted by molar-refractivity contribution is 0.106. The molecule has 0 N–H and O–H groups in total. The van der Waals surface area contributed by atoms with Crippen LogP contribution < -0.4 is 0 Å². The number of carbonyl (C=O) groups is 1. The normalized spacial score (nSPS) is 10.1. The fourth-order valence-corrected chi connectivity index (χ4v) is 1.14. The highest BCUT2D eigenvalue weighted by atomic mass is 35.5. The van der Waals surface area contributed by atoms with E-state index in [1.165, 1.54) is 6.07 Å². The molecule has 0 saturated carbocycles. The van der Waals surface area contributed by atoms with Gasteiger partial charge in [0.2, 0.25) is 5.95 Å². The number of alkyl halides is 2. The summed E-state index contributed by atoms with van der Waals surface area (Å²) in [5.74, 6) is -1.35. The van der Waals surface area contributed by atoms with Crippen LogP contribution in [-0.2, 0) is 0 Å². The van der Waals surface area contributed by atoms with Gasteiger partial charge in [0.05, 0.1) is 11.1 Å². The van der Waals surface area contributed by atoms with Crippen LogP contribution in [0.1, 0.15) is 27.9 Å². The Morgan fingerprint density at radius 2 is 2.20 bits per heavy atom. The van der Waals surface area contributed by atoms with Crippen molar-refractivity contribution in [1.29, 1.82) is 5.26 Å². The number of rotatable bonds is 2. The molecule has 0 bridgehead atoms. The van der Waals surface area contributed by atoms with Crippen LogP contribution in [0.25, 0.3) is 0 Å². The zero-order valence-electron chi connectivity index (χ0n) is 6.97. The van der Waals surface area contributed by atoms with E-state index in [1.807, 2.05) is 0 Å². The van der Waals surface area contributed by atoms with Crippen molar-refractivity contribution < 1.29 is 18.0 Å². The Morgan fingerprint density at radius 3 is 2.60 bits per heavy atom. The third kappa shape index (κ3) is 2.07. The number of aromatic nitrogens is 1. The molecule has 7 heteroatoms. The van der Waals surface area contributed by atoms with Crippen molar-refractivity contribution in [3.63, 3.8) is 0 Å². The smallest absolute Gasteiger partial charge is 0.266 e. The van der Waals surface area contributed by atoms with Crippen molar-refractivity contribution in [2.24, 2.45) is 0 Å². The average molecular weight is 235 g/mol. The number of hydrogen-bond acceptors (Lipinski definition) is 3. The first-order valence-electron chi connectivity index (χ1n) is 3.55. The van der Waals surface area contributed by atoms with Crippen molar-refractivity contribution in [2.75, 3.05) is 0 Å². The number of nitrogens with zero attached hydrogens (tertiary/aromatic N) is 2. The maximum atomic E-state index is 12.8. The topological polar surface area (TPSA) is 53.8 Å². The molecule has 0 amide bonds.